The lowest BCUT2D eigenvalue weighted by Crippen LogP contribution is -2.46. The Kier molecular flexibility index (Phi) is 3.09. The smallest absolute Gasteiger partial charge is 0.177 e. The van der Waals surface area contributed by atoms with Crippen molar-refractivity contribution in [2.45, 2.75) is 52.5 Å². The molecule has 3 N–H and O–H groups in total. The van der Waals surface area contributed by atoms with Gasteiger partial charge in [0.15, 0.2) is 5.65 Å². The fraction of sp³-hybridized carbons (Fsp3) is 0.625. The van der Waals surface area contributed by atoms with Crippen molar-refractivity contribution in [2.75, 3.05) is 0 Å². The van der Waals surface area contributed by atoms with Crippen molar-refractivity contribution in [1.29, 1.82) is 0 Å². The van der Waals surface area contributed by atoms with E-state index >= 15 is 0 Å². The van der Waals surface area contributed by atoms with E-state index in [1.165, 1.54) is 5.56 Å². The van der Waals surface area contributed by atoms with E-state index in [0.717, 1.165) is 29.8 Å². The molecule has 1 aliphatic rings. The predicted molar refractivity (Wildman–Crippen MR) is 81.5 cm³/mol. The van der Waals surface area contributed by atoms with Gasteiger partial charge in [-0.3, -0.25) is 0 Å². The molecule has 0 aromatic carbocycles. The second kappa shape index (κ2) is 4.55. The molecule has 1 aliphatic carbocycles. The molecule has 0 radical (unpaired) electrons. The molecule has 3 unspecified atom stereocenters. The number of aryl methyl sites for hydroxylation is 1. The van der Waals surface area contributed by atoms with Gasteiger partial charge >= 0.3 is 0 Å². The number of nitrogens with two attached hydrogens (primary N) is 1. The maximum Gasteiger partial charge on any atom is 0.177 e. The van der Waals surface area contributed by atoms with Crippen LogP contribution in [0.3, 0.4) is 0 Å². The van der Waals surface area contributed by atoms with Gasteiger partial charge in [0.2, 0.25) is 0 Å². The third-order valence-electron chi connectivity index (χ3n) is 5.45. The number of imidazole rings is 1. The van der Waals surface area contributed by atoms with Crippen molar-refractivity contribution in [3.8, 4) is 0 Å². The van der Waals surface area contributed by atoms with E-state index in [1.807, 2.05) is 12.3 Å². The lowest BCUT2D eigenvalue weighted by atomic mass is 9.61. The summed E-state index contributed by atoms with van der Waals surface area (Å²) in [5.74, 6) is 1.99. The summed E-state index contributed by atoms with van der Waals surface area (Å²) in [5, 5.41) is 0. The fourth-order valence-electron chi connectivity index (χ4n) is 3.56. The van der Waals surface area contributed by atoms with Gasteiger partial charge in [0.05, 0.1) is 5.52 Å². The topological polar surface area (TPSA) is 67.6 Å². The van der Waals surface area contributed by atoms with Crippen LogP contribution in [0.5, 0.6) is 0 Å². The van der Waals surface area contributed by atoms with Crippen LogP contribution < -0.4 is 5.73 Å². The zero-order valence-electron chi connectivity index (χ0n) is 12.8. The number of hydrogen-bond donors (Lipinski definition) is 2. The highest BCUT2D eigenvalue weighted by Crippen LogP contribution is 2.49. The summed E-state index contributed by atoms with van der Waals surface area (Å²) in [4.78, 5) is 12.6. The molecule has 0 aliphatic heterocycles. The number of nitrogens with one attached hydrogen (secondary N) is 1. The Labute approximate surface area is 120 Å². The van der Waals surface area contributed by atoms with Gasteiger partial charge in [0, 0.05) is 18.2 Å². The first-order valence-corrected chi connectivity index (χ1v) is 7.48. The predicted octanol–water partition coefficient (Wildman–Crippen LogP) is 3.13. The Morgan fingerprint density at radius 3 is 2.80 bits per heavy atom. The second-order valence-electron chi connectivity index (χ2n) is 6.85. The summed E-state index contributed by atoms with van der Waals surface area (Å²) in [5.41, 5.74) is 9.51. The summed E-state index contributed by atoms with van der Waals surface area (Å²) in [6.07, 6.45) is 3.99. The summed E-state index contributed by atoms with van der Waals surface area (Å²) in [6, 6.07) is 2.32. The Morgan fingerprint density at radius 1 is 1.35 bits per heavy atom. The van der Waals surface area contributed by atoms with E-state index in [2.05, 4.69) is 37.7 Å². The first kappa shape index (κ1) is 13.6. The minimum Gasteiger partial charge on any atom is -0.340 e. The number of fused-ring (bicyclic) bond motifs is 1. The highest BCUT2D eigenvalue weighted by Gasteiger charge is 2.43. The van der Waals surface area contributed by atoms with Crippen LogP contribution in [0.1, 0.15) is 50.9 Å². The molecule has 4 nitrogen and oxygen atoms in total. The van der Waals surface area contributed by atoms with Crippen LogP contribution in [-0.4, -0.2) is 21.0 Å². The summed E-state index contributed by atoms with van der Waals surface area (Å²) < 4.78 is 0. The molecule has 1 saturated carbocycles. The standard InChI is InChI=1S/C16H24N4/c1-9-7-8-18-15-13(9)19-14(20-15)11-5-6-12(17)10(2)16(11,3)4/h7-8,10-12H,5-6,17H2,1-4H3,(H,18,19,20). The van der Waals surface area contributed by atoms with Crippen LogP contribution >= 0.6 is 0 Å². The second-order valence-corrected chi connectivity index (χ2v) is 6.85. The van der Waals surface area contributed by atoms with Crippen molar-refractivity contribution >= 4 is 11.2 Å². The molecule has 0 bridgehead atoms. The molecule has 0 saturated heterocycles. The van der Waals surface area contributed by atoms with Crippen molar-refractivity contribution < 1.29 is 0 Å². The van der Waals surface area contributed by atoms with Gasteiger partial charge in [-0.15, -0.1) is 0 Å². The van der Waals surface area contributed by atoms with Crippen molar-refractivity contribution in [3.63, 3.8) is 0 Å². The minimum absolute atomic E-state index is 0.152. The zero-order chi connectivity index (χ0) is 14.5. The van der Waals surface area contributed by atoms with Crippen LogP contribution in [-0.2, 0) is 0 Å². The molecular formula is C16H24N4. The molecule has 0 spiro atoms. The van der Waals surface area contributed by atoms with Gasteiger partial charge < -0.3 is 10.7 Å². The molecule has 4 heteroatoms. The summed E-state index contributed by atoms with van der Waals surface area (Å²) in [7, 11) is 0. The number of aromatic nitrogens is 3. The van der Waals surface area contributed by atoms with Crippen molar-refractivity contribution in [1.82, 2.24) is 15.0 Å². The van der Waals surface area contributed by atoms with Gasteiger partial charge in [-0.1, -0.05) is 20.8 Å². The maximum atomic E-state index is 6.25. The van der Waals surface area contributed by atoms with Crippen LogP contribution in [0.25, 0.3) is 11.2 Å². The Morgan fingerprint density at radius 2 is 2.10 bits per heavy atom. The van der Waals surface area contributed by atoms with Crippen molar-refractivity contribution in [3.05, 3.63) is 23.7 Å². The van der Waals surface area contributed by atoms with Crippen molar-refractivity contribution in [2.24, 2.45) is 17.1 Å². The van der Waals surface area contributed by atoms with E-state index in [1.54, 1.807) is 0 Å². The highest BCUT2D eigenvalue weighted by molar-refractivity contribution is 5.74. The fourth-order valence-corrected chi connectivity index (χ4v) is 3.56. The Balaban J connectivity index is 2.04. The van der Waals surface area contributed by atoms with E-state index in [-0.39, 0.29) is 5.41 Å². The molecule has 2 aromatic heterocycles. The van der Waals surface area contributed by atoms with Crippen LogP contribution in [0, 0.1) is 18.3 Å². The van der Waals surface area contributed by atoms with E-state index in [4.69, 9.17) is 10.7 Å². The van der Waals surface area contributed by atoms with E-state index in [0.29, 0.717) is 17.9 Å². The Bertz CT molecular complexity index is 628. The number of nitrogens with zero attached hydrogens (tertiary/aromatic N) is 2. The first-order valence-electron chi connectivity index (χ1n) is 7.48. The minimum atomic E-state index is 0.152. The van der Waals surface area contributed by atoms with Gasteiger partial charge in [0.1, 0.15) is 5.82 Å². The molecule has 0 amide bonds. The zero-order valence-corrected chi connectivity index (χ0v) is 12.8. The molecule has 20 heavy (non-hydrogen) atoms. The Hall–Kier alpha value is -1.42. The van der Waals surface area contributed by atoms with E-state index in [9.17, 15) is 0 Å². The van der Waals surface area contributed by atoms with Gasteiger partial charge in [-0.05, 0) is 42.7 Å². The molecule has 2 heterocycles. The number of rotatable bonds is 1. The number of pyridine rings is 1. The average molecular weight is 272 g/mol. The van der Waals surface area contributed by atoms with Crippen LogP contribution in [0.2, 0.25) is 0 Å². The summed E-state index contributed by atoms with van der Waals surface area (Å²) >= 11 is 0. The molecule has 3 rings (SSSR count). The third kappa shape index (κ3) is 1.94. The van der Waals surface area contributed by atoms with Crippen LogP contribution in [0.4, 0.5) is 0 Å². The van der Waals surface area contributed by atoms with Gasteiger partial charge in [0.25, 0.3) is 0 Å². The normalized spacial score (nSPS) is 29.8. The van der Waals surface area contributed by atoms with Gasteiger partial charge in [-0.2, -0.15) is 0 Å². The highest BCUT2D eigenvalue weighted by atomic mass is 15.0. The largest absolute Gasteiger partial charge is 0.340 e. The van der Waals surface area contributed by atoms with E-state index < -0.39 is 0 Å². The third-order valence-corrected chi connectivity index (χ3v) is 5.45. The van der Waals surface area contributed by atoms with Crippen LogP contribution in [0.15, 0.2) is 12.3 Å². The lowest BCUT2D eigenvalue weighted by Gasteiger charge is -2.46. The maximum absolute atomic E-state index is 6.25. The lowest BCUT2D eigenvalue weighted by molar-refractivity contribution is 0.0954. The SMILES string of the molecule is Cc1ccnc2nc(C3CCC(N)C(C)C3(C)C)[nH]c12. The first-order chi connectivity index (χ1) is 9.41. The quantitative estimate of drug-likeness (QED) is 0.838. The van der Waals surface area contributed by atoms with Gasteiger partial charge in [-0.25, -0.2) is 9.97 Å². The number of aromatic amines is 1. The molecule has 108 valence electrons. The average Bonchev–Trinajstić information content (AvgIpc) is 2.81. The summed E-state index contributed by atoms with van der Waals surface area (Å²) in [6.45, 7) is 8.99. The molecule has 3 atom stereocenters. The monoisotopic (exact) mass is 272 g/mol. The number of H-pyrrole nitrogens is 1. The number of hydrogen-bond acceptors (Lipinski definition) is 3. The molecular weight excluding hydrogens is 248 g/mol. The molecule has 2 aromatic rings. The molecule has 1 fully saturated rings.